The number of carbonyl (C=O) groups is 1. The first-order chi connectivity index (χ1) is 13.5. The summed E-state index contributed by atoms with van der Waals surface area (Å²) in [5, 5.41) is 5.86. The highest BCUT2D eigenvalue weighted by Crippen LogP contribution is 2.32. The topological polar surface area (TPSA) is 41.9 Å². The van der Waals surface area contributed by atoms with Crippen LogP contribution < -0.4 is 0 Å². The van der Waals surface area contributed by atoms with Crippen LogP contribution in [0.25, 0.3) is 0 Å². The average Bonchev–Trinajstić information content (AvgIpc) is 3.42. The molecule has 1 atom stereocenters. The molecule has 7 heteroatoms. The number of carbonyl (C=O) groups excluding carboxylic acids is 1. The van der Waals surface area contributed by atoms with Crippen LogP contribution in [0.3, 0.4) is 0 Å². The van der Waals surface area contributed by atoms with Crippen LogP contribution in [0, 0.1) is 5.92 Å². The van der Waals surface area contributed by atoms with Gasteiger partial charge in [-0.3, -0.25) is 4.79 Å². The van der Waals surface area contributed by atoms with Gasteiger partial charge in [0.1, 0.15) is 0 Å². The summed E-state index contributed by atoms with van der Waals surface area (Å²) < 4.78 is 0. The van der Waals surface area contributed by atoms with Gasteiger partial charge in [0.15, 0.2) is 6.10 Å². The van der Waals surface area contributed by atoms with Gasteiger partial charge in [0.25, 0.3) is 0 Å². The van der Waals surface area contributed by atoms with Gasteiger partial charge in [-0.05, 0) is 42.7 Å². The Balaban J connectivity index is 1.44. The molecule has 146 valence electrons. The van der Waals surface area contributed by atoms with Gasteiger partial charge in [-0.1, -0.05) is 58.2 Å². The summed E-state index contributed by atoms with van der Waals surface area (Å²) in [6.45, 7) is 0.994. The first kappa shape index (κ1) is 19.6. The van der Waals surface area contributed by atoms with E-state index in [-0.39, 0.29) is 17.9 Å². The Morgan fingerprint density at radius 1 is 1.11 bits per heavy atom. The molecule has 0 spiro atoms. The number of hydrogen-bond donors (Lipinski definition) is 0. The first-order valence-electron chi connectivity index (χ1n) is 9.21. The van der Waals surface area contributed by atoms with Crippen molar-refractivity contribution in [3.05, 3.63) is 68.7 Å². The molecule has 28 heavy (non-hydrogen) atoms. The maximum atomic E-state index is 12.8. The van der Waals surface area contributed by atoms with Gasteiger partial charge in [-0.25, -0.2) is 0 Å². The highest BCUT2D eigenvalue weighted by Gasteiger charge is 2.35. The Hall–Kier alpha value is -1.75. The van der Waals surface area contributed by atoms with E-state index >= 15 is 0 Å². The van der Waals surface area contributed by atoms with Gasteiger partial charge in [-0.2, -0.15) is 0 Å². The summed E-state index contributed by atoms with van der Waals surface area (Å²) in [4.78, 5) is 20.3. The second-order valence-electron chi connectivity index (χ2n) is 7.22. The molecule has 1 aliphatic heterocycles. The van der Waals surface area contributed by atoms with Crippen LogP contribution in [0.15, 0.2) is 47.6 Å². The Bertz CT molecular complexity index is 928. The van der Waals surface area contributed by atoms with Crippen molar-refractivity contribution in [1.82, 2.24) is 4.90 Å². The zero-order chi connectivity index (χ0) is 19.7. The summed E-state index contributed by atoms with van der Waals surface area (Å²) in [5.41, 5.74) is 2.70. The lowest BCUT2D eigenvalue weighted by Crippen LogP contribution is -2.38. The van der Waals surface area contributed by atoms with Crippen LogP contribution >= 0.6 is 34.8 Å². The van der Waals surface area contributed by atoms with E-state index in [0.29, 0.717) is 34.6 Å². The molecule has 2 aromatic rings. The van der Waals surface area contributed by atoms with Crippen molar-refractivity contribution in [2.45, 2.75) is 31.9 Å². The Labute approximate surface area is 179 Å². The minimum atomic E-state index is -0.189. The molecule has 0 N–H and O–H groups in total. The summed E-state index contributed by atoms with van der Waals surface area (Å²) in [5.74, 6) is 0.308. The SMILES string of the molecule is O=C(C1CC1)N(Cc1cccc(Cl)c1)CC1CC(c2ccc(Cl)c(Cl)c2)=NO1. The van der Waals surface area contributed by atoms with E-state index in [1.165, 1.54) is 0 Å². The lowest BCUT2D eigenvalue weighted by Gasteiger charge is -2.25. The van der Waals surface area contributed by atoms with E-state index in [2.05, 4.69) is 5.16 Å². The van der Waals surface area contributed by atoms with Gasteiger partial charge in [0.2, 0.25) is 5.91 Å². The predicted molar refractivity (Wildman–Crippen MR) is 112 cm³/mol. The molecular weight excluding hydrogens is 419 g/mol. The van der Waals surface area contributed by atoms with Crippen LogP contribution in [0.2, 0.25) is 15.1 Å². The fraction of sp³-hybridized carbons (Fsp3) is 0.333. The number of nitrogens with zero attached hydrogens (tertiary/aromatic N) is 2. The van der Waals surface area contributed by atoms with Crippen molar-refractivity contribution in [2.24, 2.45) is 11.1 Å². The number of oxime groups is 1. The van der Waals surface area contributed by atoms with Gasteiger partial charge in [0, 0.05) is 29.5 Å². The highest BCUT2D eigenvalue weighted by molar-refractivity contribution is 6.42. The Morgan fingerprint density at radius 3 is 2.64 bits per heavy atom. The minimum Gasteiger partial charge on any atom is -0.390 e. The van der Waals surface area contributed by atoms with Gasteiger partial charge in [-0.15, -0.1) is 0 Å². The molecule has 1 unspecified atom stereocenters. The summed E-state index contributed by atoms with van der Waals surface area (Å²) in [7, 11) is 0. The molecule has 0 radical (unpaired) electrons. The van der Waals surface area contributed by atoms with Crippen molar-refractivity contribution >= 4 is 46.4 Å². The standard InChI is InChI=1S/C21H19Cl3N2O2/c22-16-3-1-2-13(8-16)11-26(21(27)14-4-5-14)12-17-10-20(25-28-17)15-6-7-18(23)19(24)9-15/h1-3,6-9,14,17H,4-5,10-12H2. The second kappa shape index (κ2) is 8.32. The Morgan fingerprint density at radius 2 is 1.93 bits per heavy atom. The van der Waals surface area contributed by atoms with Crippen LogP contribution in [0.1, 0.15) is 30.4 Å². The van der Waals surface area contributed by atoms with E-state index in [9.17, 15) is 4.79 Å². The smallest absolute Gasteiger partial charge is 0.226 e. The predicted octanol–water partition coefficient (Wildman–Crippen LogP) is 5.58. The lowest BCUT2D eigenvalue weighted by molar-refractivity contribution is -0.135. The van der Waals surface area contributed by atoms with Crippen LogP contribution in [0.4, 0.5) is 0 Å². The third-order valence-corrected chi connectivity index (χ3v) is 5.88. The van der Waals surface area contributed by atoms with Crippen molar-refractivity contribution in [1.29, 1.82) is 0 Å². The maximum Gasteiger partial charge on any atom is 0.226 e. The minimum absolute atomic E-state index is 0.135. The van der Waals surface area contributed by atoms with E-state index < -0.39 is 0 Å². The number of benzene rings is 2. The van der Waals surface area contributed by atoms with Gasteiger partial charge < -0.3 is 9.74 Å². The molecule has 0 bridgehead atoms. The quantitative estimate of drug-likeness (QED) is 0.592. The molecule has 2 aliphatic rings. The van der Waals surface area contributed by atoms with E-state index in [1.54, 1.807) is 12.1 Å². The van der Waals surface area contributed by atoms with Crippen LogP contribution in [0.5, 0.6) is 0 Å². The number of halogens is 3. The first-order valence-corrected chi connectivity index (χ1v) is 10.3. The molecule has 2 aromatic carbocycles. The van der Waals surface area contributed by atoms with Crippen LogP contribution in [-0.2, 0) is 16.2 Å². The van der Waals surface area contributed by atoms with E-state index in [4.69, 9.17) is 39.6 Å². The van der Waals surface area contributed by atoms with Crippen LogP contribution in [-0.4, -0.2) is 29.2 Å². The Kier molecular flexibility index (Phi) is 5.81. The zero-order valence-electron chi connectivity index (χ0n) is 15.1. The van der Waals surface area contributed by atoms with Crippen molar-refractivity contribution in [3.63, 3.8) is 0 Å². The maximum absolute atomic E-state index is 12.8. The van der Waals surface area contributed by atoms with Gasteiger partial charge >= 0.3 is 0 Å². The second-order valence-corrected chi connectivity index (χ2v) is 8.47. The lowest BCUT2D eigenvalue weighted by atomic mass is 10.0. The summed E-state index contributed by atoms with van der Waals surface area (Å²) in [6.07, 6.45) is 2.34. The van der Waals surface area contributed by atoms with Crippen molar-refractivity contribution in [3.8, 4) is 0 Å². The molecule has 0 saturated heterocycles. The molecule has 4 rings (SSSR count). The number of rotatable bonds is 6. The molecule has 1 heterocycles. The highest BCUT2D eigenvalue weighted by atomic mass is 35.5. The largest absolute Gasteiger partial charge is 0.390 e. The molecule has 1 amide bonds. The number of amides is 1. The monoisotopic (exact) mass is 436 g/mol. The average molecular weight is 438 g/mol. The van der Waals surface area contributed by atoms with E-state index in [0.717, 1.165) is 29.7 Å². The zero-order valence-corrected chi connectivity index (χ0v) is 17.3. The fourth-order valence-corrected chi connectivity index (χ4v) is 3.81. The molecular formula is C21H19Cl3N2O2. The molecule has 0 aromatic heterocycles. The molecule has 1 saturated carbocycles. The van der Waals surface area contributed by atoms with Gasteiger partial charge in [0.05, 0.1) is 22.3 Å². The normalized spacial score (nSPS) is 18.5. The summed E-state index contributed by atoms with van der Waals surface area (Å²) >= 11 is 18.2. The third-order valence-electron chi connectivity index (χ3n) is 4.91. The van der Waals surface area contributed by atoms with Crippen molar-refractivity contribution < 1.29 is 9.63 Å². The summed E-state index contributed by atoms with van der Waals surface area (Å²) in [6, 6.07) is 13.0. The fourth-order valence-electron chi connectivity index (χ4n) is 3.29. The molecule has 1 fully saturated rings. The van der Waals surface area contributed by atoms with E-state index in [1.807, 2.05) is 35.2 Å². The third kappa shape index (κ3) is 4.62. The van der Waals surface area contributed by atoms with Crippen molar-refractivity contribution in [2.75, 3.05) is 6.54 Å². The molecule has 4 nitrogen and oxygen atoms in total. The molecule has 1 aliphatic carbocycles. The number of hydrogen-bond acceptors (Lipinski definition) is 3.